The molecule has 0 aromatic carbocycles. The normalized spacial score (nSPS) is 19.9. The number of aryl methyl sites for hydroxylation is 1. The number of fused-ring (bicyclic) bond motifs is 1. The lowest BCUT2D eigenvalue weighted by Gasteiger charge is -2.34. The molecule has 2 saturated heterocycles. The highest BCUT2D eigenvalue weighted by molar-refractivity contribution is 7.20. The monoisotopic (exact) mass is 334 g/mol. The summed E-state index contributed by atoms with van der Waals surface area (Å²) >= 11 is 1.63. The van der Waals surface area contributed by atoms with E-state index in [9.17, 15) is 4.79 Å². The van der Waals surface area contributed by atoms with Crippen LogP contribution in [0.15, 0.2) is 6.20 Å². The maximum Gasteiger partial charge on any atom is 0.236 e. The van der Waals surface area contributed by atoms with Gasteiger partial charge in [0.15, 0.2) is 0 Å². The van der Waals surface area contributed by atoms with Crippen LogP contribution in [-0.4, -0.2) is 76.1 Å². The molecule has 2 aromatic rings. The highest BCUT2D eigenvalue weighted by Gasteiger charge is 2.24. The fourth-order valence-corrected chi connectivity index (χ4v) is 4.26. The molecular formula is C15H22N6OS. The molecule has 0 N–H and O–H groups in total. The largest absolute Gasteiger partial charge is 0.344 e. The molecule has 0 unspecified atom stereocenters. The van der Waals surface area contributed by atoms with Crippen LogP contribution >= 0.6 is 11.3 Å². The lowest BCUT2D eigenvalue weighted by atomic mass is 10.3. The van der Waals surface area contributed by atoms with Crippen LogP contribution < -0.4 is 4.90 Å². The van der Waals surface area contributed by atoms with E-state index in [1.165, 1.54) is 0 Å². The number of imidazole rings is 1. The Hall–Kier alpha value is -1.67. The molecule has 2 aliphatic heterocycles. The lowest BCUT2D eigenvalue weighted by molar-refractivity contribution is -0.131. The van der Waals surface area contributed by atoms with Crippen molar-refractivity contribution in [3.05, 3.63) is 11.9 Å². The number of nitrogens with zero attached hydrogens (tertiary/aromatic N) is 6. The van der Waals surface area contributed by atoms with Crippen LogP contribution in [-0.2, 0) is 4.79 Å². The van der Waals surface area contributed by atoms with Crippen LogP contribution in [0, 0.1) is 6.92 Å². The first-order valence-corrected chi connectivity index (χ1v) is 9.08. The number of hydrogen-bond donors (Lipinski definition) is 0. The Morgan fingerprint density at radius 3 is 2.61 bits per heavy atom. The Morgan fingerprint density at radius 1 is 1.17 bits per heavy atom. The van der Waals surface area contributed by atoms with Crippen LogP contribution in [0.4, 0.5) is 5.13 Å². The Labute approximate surface area is 139 Å². The second kappa shape index (κ2) is 6.09. The van der Waals surface area contributed by atoms with Crippen LogP contribution in [0.1, 0.15) is 18.5 Å². The van der Waals surface area contributed by atoms with E-state index in [4.69, 9.17) is 0 Å². The molecule has 7 nitrogen and oxygen atoms in total. The van der Waals surface area contributed by atoms with Gasteiger partial charge in [-0.2, -0.15) is 0 Å². The summed E-state index contributed by atoms with van der Waals surface area (Å²) in [5.41, 5.74) is 1.00. The van der Waals surface area contributed by atoms with Gasteiger partial charge in [0.25, 0.3) is 0 Å². The molecule has 2 fully saturated rings. The maximum absolute atomic E-state index is 12.2. The van der Waals surface area contributed by atoms with Gasteiger partial charge in [-0.15, -0.1) is 5.10 Å². The zero-order valence-corrected chi connectivity index (χ0v) is 14.3. The van der Waals surface area contributed by atoms with Crippen molar-refractivity contribution >= 4 is 27.3 Å². The molecule has 0 saturated carbocycles. The van der Waals surface area contributed by atoms with Gasteiger partial charge in [0.2, 0.25) is 16.0 Å². The SMILES string of the molecule is Cc1cn2nc(N3CCN(CC(=O)N4CCCC4)CC3)sc2n1. The van der Waals surface area contributed by atoms with E-state index in [0.717, 1.165) is 67.9 Å². The summed E-state index contributed by atoms with van der Waals surface area (Å²) in [6.45, 7) is 8.10. The first kappa shape index (κ1) is 14.9. The number of aromatic nitrogens is 3. The number of likely N-dealkylation sites (tertiary alicyclic amines) is 1. The number of piperazine rings is 1. The standard InChI is InChI=1S/C15H22N6OS/c1-12-10-21-14(16-12)23-15(17-21)20-8-6-18(7-9-20)11-13(22)19-4-2-3-5-19/h10H,2-9,11H2,1H3. The average Bonchev–Trinajstić information content (AvgIpc) is 3.23. The van der Waals surface area contributed by atoms with Crippen molar-refractivity contribution in [1.29, 1.82) is 0 Å². The summed E-state index contributed by atoms with van der Waals surface area (Å²) in [6, 6.07) is 0. The first-order chi connectivity index (χ1) is 11.2. The molecule has 0 radical (unpaired) electrons. The van der Waals surface area contributed by atoms with Crippen molar-refractivity contribution in [3.63, 3.8) is 0 Å². The van der Waals surface area contributed by atoms with Gasteiger partial charge >= 0.3 is 0 Å². The molecule has 124 valence electrons. The summed E-state index contributed by atoms with van der Waals surface area (Å²) in [5.74, 6) is 0.291. The van der Waals surface area contributed by atoms with Gasteiger partial charge in [-0.3, -0.25) is 9.69 Å². The topological polar surface area (TPSA) is 57.0 Å². The molecule has 23 heavy (non-hydrogen) atoms. The van der Waals surface area contributed by atoms with Crippen molar-refractivity contribution < 1.29 is 4.79 Å². The summed E-state index contributed by atoms with van der Waals surface area (Å²) in [4.78, 5) is 24.2. The van der Waals surface area contributed by atoms with Crippen LogP contribution in [0.5, 0.6) is 0 Å². The van der Waals surface area contributed by atoms with Crippen molar-refractivity contribution in [1.82, 2.24) is 24.4 Å². The molecule has 8 heteroatoms. The number of amides is 1. The lowest BCUT2D eigenvalue weighted by Crippen LogP contribution is -2.49. The van der Waals surface area contributed by atoms with Crippen LogP contribution in [0.25, 0.3) is 4.96 Å². The Morgan fingerprint density at radius 2 is 1.91 bits per heavy atom. The molecular weight excluding hydrogens is 312 g/mol. The maximum atomic E-state index is 12.2. The molecule has 2 aliphatic rings. The zero-order chi connectivity index (χ0) is 15.8. The third-order valence-corrected chi connectivity index (χ3v) is 5.60. The third-order valence-electron chi connectivity index (χ3n) is 4.61. The zero-order valence-electron chi connectivity index (χ0n) is 13.4. The first-order valence-electron chi connectivity index (χ1n) is 8.27. The highest BCUT2D eigenvalue weighted by Crippen LogP contribution is 2.24. The molecule has 0 aliphatic carbocycles. The predicted octanol–water partition coefficient (Wildman–Crippen LogP) is 0.844. The molecule has 2 aromatic heterocycles. The van der Waals surface area contributed by atoms with Crippen LogP contribution in [0.3, 0.4) is 0 Å². The smallest absolute Gasteiger partial charge is 0.236 e. The van der Waals surface area contributed by atoms with Gasteiger partial charge in [0, 0.05) is 39.3 Å². The number of rotatable bonds is 3. The van der Waals surface area contributed by atoms with E-state index in [1.807, 2.05) is 22.5 Å². The molecule has 4 rings (SSSR count). The van der Waals surface area contributed by atoms with Crippen molar-refractivity contribution in [2.75, 3.05) is 50.7 Å². The van der Waals surface area contributed by atoms with E-state index in [0.29, 0.717) is 12.5 Å². The van der Waals surface area contributed by atoms with Crippen molar-refractivity contribution in [2.24, 2.45) is 0 Å². The van der Waals surface area contributed by atoms with Gasteiger partial charge in [-0.25, -0.2) is 9.50 Å². The van der Waals surface area contributed by atoms with Crippen molar-refractivity contribution in [2.45, 2.75) is 19.8 Å². The minimum Gasteiger partial charge on any atom is -0.344 e. The summed E-state index contributed by atoms with van der Waals surface area (Å²) in [5, 5.41) is 5.64. The molecule has 0 spiro atoms. The van der Waals surface area contributed by atoms with E-state index < -0.39 is 0 Å². The third kappa shape index (κ3) is 3.05. The fraction of sp³-hybridized carbons (Fsp3) is 0.667. The van der Waals surface area contributed by atoms with Gasteiger partial charge in [-0.05, 0) is 19.8 Å². The summed E-state index contributed by atoms with van der Waals surface area (Å²) < 4.78 is 1.86. The van der Waals surface area contributed by atoms with Crippen molar-refractivity contribution in [3.8, 4) is 0 Å². The molecule has 4 heterocycles. The fourth-order valence-electron chi connectivity index (χ4n) is 3.28. The van der Waals surface area contributed by atoms with Gasteiger partial charge in [0.05, 0.1) is 18.4 Å². The Balaban J connectivity index is 1.33. The van der Waals surface area contributed by atoms with Crippen LogP contribution in [0.2, 0.25) is 0 Å². The second-order valence-electron chi connectivity index (χ2n) is 6.35. The van der Waals surface area contributed by atoms with Gasteiger partial charge < -0.3 is 9.80 Å². The molecule has 0 bridgehead atoms. The predicted molar refractivity (Wildman–Crippen MR) is 90.1 cm³/mol. The Bertz CT molecular complexity index is 664. The van der Waals surface area contributed by atoms with Gasteiger partial charge in [0.1, 0.15) is 0 Å². The number of carbonyl (C=O) groups is 1. The highest BCUT2D eigenvalue weighted by atomic mass is 32.1. The summed E-state index contributed by atoms with van der Waals surface area (Å²) in [7, 11) is 0. The number of anilines is 1. The molecule has 1 amide bonds. The number of carbonyl (C=O) groups excluding carboxylic acids is 1. The van der Waals surface area contributed by atoms with Gasteiger partial charge in [-0.1, -0.05) is 11.3 Å². The summed E-state index contributed by atoms with van der Waals surface area (Å²) in [6.07, 6.45) is 4.27. The Kier molecular flexibility index (Phi) is 3.94. The van der Waals surface area contributed by atoms with E-state index in [1.54, 1.807) is 11.3 Å². The van der Waals surface area contributed by atoms with E-state index in [-0.39, 0.29) is 0 Å². The minimum absolute atomic E-state index is 0.291. The minimum atomic E-state index is 0.291. The molecule has 0 atom stereocenters. The van der Waals surface area contributed by atoms with E-state index in [2.05, 4.69) is 19.9 Å². The quantitative estimate of drug-likeness (QED) is 0.833. The second-order valence-corrected chi connectivity index (χ2v) is 7.28. The number of hydrogen-bond acceptors (Lipinski definition) is 6. The van der Waals surface area contributed by atoms with E-state index >= 15 is 0 Å². The average molecular weight is 334 g/mol.